The molecule has 3 rings (SSSR count). The molecule has 120 valence electrons. The molecule has 1 aromatic rings. The van der Waals surface area contributed by atoms with E-state index in [1.54, 1.807) is 0 Å². The molecule has 0 radical (unpaired) electrons. The number of carbonyl (C=O) groups is 1. The monoisotopic (exact) mass is 301 g/mol. The van der Waals surface area contributed by atoms with Gasteiger partial charge in [0.15, 0.2) is 0 Å². The number of benzene rings is 1. The number of carbonyl (C=O) groups excluding carboxylic acids is 1. The van der Waals surface area contributed by atoms with Crippen molar-refractivity contribution in [3.8, 4) is 0 Å². The van der Waals surface area contributed by atoms with Crippen LogP contribution in [-0.4, -0.2) is 49.1 Å². The van der Waals surface area contributed by atoms with E-state index >= 15 is 0 Å². The Morgan fingerprint density at radius 2 is 2.09 bits per heavy atom. The zero-order valence-electron chi connectivity index (χ0n) is 13.6. The third-order valence-electron chi connectivity index (χ3n) is 4.97. The summed E-state index contributed by atoms with van der Waals surface area (Å²) in [5.74, 6) is 0.737. The molecule has 4 heteroatoms. The molecule has 4 nitrogen and oxygen atoms in total. The maximum atomic E-state index is 12.3. The Labute approximate surface area is 133 Å². The van der Waals surface area contributed by atoms with Crippen LogP contribution in [0.4, 0.5) is 4.79 Å². The second-order valence-corrected chi connectivity index (χ2v) is 6.73. The van der Waals surface area contributed by atoms with E-state index in [1.807, 2.05) is 4.90 Å². The number of piperidine rings is 1. The van der Waals surface area contributed by atoms with Gasteiger partial charge in [0.2, 0.25) is 0 Å². The lowest BCUT2D eigenvalue weighted by atomic mass is 9.95. The zero-order valence-corrected chi connectivity index (χ0v) is 13.6. The number of hydrogen-bond acceptors (Lipinski definition) is 2. The van der Waals surface area contributed by atoms with Crippen molar-refractivity contribution in [2.45, 2.75) is 32.2 Å². The minimum atomic E-state index is 0.0960. The number of likely N-dealkylation sites (tertiary alicyclic amines) is 1. The Hall–Kier alpha value is -1.55. The first kappa shape index (κ1) is 15.3. The highest BCUT2D eigenvalue weighted by atomic mass is 16.2. The zero-order chi connectivity index (χ0) is 15.4. The van der Waals surface area contributed by atoms with E-state index in [4.69, 9.17) is 0 Å². The third kappa shape index (κ3) is 3.80. The van der Waals surface area contributed by atoms with Gasteiger partial charge in [0, 0.05) is 26.2 Å². The molecule has 0 saturated carbocycles. The molecule has 1 N–H and O–H groups in total. The van der Waals surface area contributed by atoms with Gasteiger partial charge in [-0.25, -0.2) is 4.79 Å². The number of amides is 2. The Morgan fingerprint density at radius 1 is 1.27 bits per heavy atom. The number of fused-ring (bicyclic) bond motifs is 1. The van der Waals surface area contributed by atoms with E-state index in [0.29, 0.717) is 0 Å². The van der Waals surface area contributed by atoms with Gasteiger partial charge in [-0.1, -0.05) is 24.3 Å². The molecule has 1 atom stereocenters. The van der Waals surface area contributed by atoms with Crippen LogP contribution in [0.2, 0.25) is 0 Å². The number of hydrogen-bond donors (Lipinski definition) is 1. The fraction of sp³-hybridized carbons (Fsp3) is 0.611. The van der Waals surface area contributed by atoms with E-state index in [2.05, 4.69) is 41.5 Å². The molecule has 22 heavy (non-hydrogen) atoms. The Balaban J connectivity index is 1.43. The highest BCUT2D eigenvalue weighted by molar-refractivity contribution is 5.74. The average Bonchev–Trinajstić information content (AvgIpc) is 2.54. The van der Waals surface area contributed by atoms with Crippen LogP contribution >= 0.6 is 0 Å². The molecule has 1 aromatic carbocycles. The summed E-state index contributed by atoms with van der Waals surface area (Å²) in [6, 6.07) is 8.53. The van der Waals surface area contributed by atoms with E-state index in [-0.39, 0.29) is 6.03 Å². The van der Waals surface area contributed by atoms with E-state index < -0.39 is 0 Å². The van der Waals surface area contributed by atoms with Crippen LogP contribution in [-0.2, 0) is 13.0 Å². The summed E-state index contributed by atoms with van der Waals surface area (Å²) >= 11 is 0. The number of nitrogens with one attached hydrogen (secondary N) is 1. The van der Waals surface area contributed by atoms with Crippen molar-refractivity contribution in [1.82, 2.24) is 15.1 Å². The fourth-order valence-corrected chi connectivity index (χ4v) is 3.67. The van der Waals surface area contributed by atoms with Crippen molar-refractivity contribution in [3.05, 3.63) is 35.4 Å². The topological polar surface area (TPSA) is 35.6 Å². The van der Waals surface area contributed by atoms with E-state index in [0.717, 1.165) is 38.4 Å². The van der Waals surface area contributed by atoms with Crippen LogP contribution in [0.5, 0.6) is 0 Å². The molecule has 0 aliphatic carbocycles. The standard InChI is InChI=1S/C18H27N3O/c1-20-11-4-5-15(13-20)8-10-19-18(22)21-12-9-16-6-2-3-7-17(16)14-21/h2-3,6-7,15H,4-5,8-14H2,1H3,(H,19,22). The molecule has 0 spiro atoms. The van der Waals surface area contributed by atoms with Gasteiger partial charge in [0.1, 0.15) is 0 Å². The number of rotatable bonds is 3. The van der Waals surface area contributed by atoms with Gasteiger partial charge in [-0.2, -0.15) is 0 Å². The summed E-state index contributed by atoms with van der Waals surface area (Å²) in [4.78, 5) is 16.7. The van der Waals surface area contributed by atoms with E-state index in [9.17, 15) is 4.79 Å². The number of urea groups is 1. The minimum Gasteiger partial charge on any atom is -0.338 e. The smallest absolute Gasteiger partial charge is 0.317 e. The first-order valence-corrected chi connectivity index (χ1v) is 8.50. The Kier molecular flexibility index (Phi) is 4.98. The Morgan fingerprint density at radius 3 is 2.91 bits per heavy atom. The van der Waals surface area contributed by atoms with Crippen molar-refractivity contribution in [2.75, 3.05) is 33.2 Å². The predicted molar refractivity (Wildman–Crippen MR) is 88.8 cm³/mol. The Bertz CT molecular complexity index is 517. The van der Waals surface area contributed by atoms with Gasteiger partial charge in [-0.05, 0) is 56.3 Å². The van der Waals surface area contributed by atoms with Crippen molar-refractivity contribution in [3.63, 3.8) is 0 Å². The van der Waals surface area contributed by atoms with E-state index in [1.165, 1.54) is 37.1 Å². The van der Waals surface area contributed by atoms with Gasteiger partial charge < -0.3 is 15.1 Å². The summed E-state index contributed by atoms with van der Waals surface area (Å²) in [6.45, 7) is 4.77. The average molecular weight is 301 g/mol. The predicted octanol–water partition coefficient (Wildman–Crippen LogP) is 2.49. The number of nitrogens with zero attached hydrogens (tertiary/aromatic N) is 2. The van der Waals surface area contributed by atoms with Gasteiger partial charge >= 0.3 is 6.03 Å². The molecule has 2 amide bonds. The quantitative estimate of drug-likeness (QED) is 0.931. The van der Waals surface area contributed by atoms with Gasteiger partial charge in [-0.15, -0.1) is 0 Å². The summed E-state index contributed by atoms with van der Waals surface area (Å²) in [7, 11) is 2.19. The lowest BCUT2D eigenvalue weighted by Gasteiger charge is -2.31. The maximum Gasteiger partial charge on any atom is 0.317 e. The molecule has 1 fully saturated rings. The fourth-order valence-electron chi connectivity index (χ4n) is 3.67. The van der Waals surface area contributed by atoms with Crippen LogP contribution < -0.4 is 5.32 Å². The van der Waals surface area contributed by atoms with Gasteiger partial charge in [0.05, 0.1) is 0 Å². The first-order valence-electron chi connectivity index (χ1n) is 8.50. The summed E-state index contributed by atoms with van der Waals surface area (Å²) < 4.78 is 0. The molecular formula is C18H27N3O. The van der Waals surface area contributed by atoms with Crippen molar-refractivity contribution < 1.29 is 4.79 Å². The SMILES string of the molecule is CN1CCCC(CCNC(=O)N2CCc3ccccc3C2)C1. The van der Waals surface area contributed by atoms with Crippen molar-refractivity contribution >= 4 is 6.03 Å². The highest BCUT2D eigenvalue weighted by Gasteiger charge is 2.21. The third-order valence-corrected chi connectivity index (χ3v) is 4.97. The lowest BCUT2D eigenvalue weighted by molar-refractivity contribution is 0.184. The largest absolute Gasteiger partial charge is 0.338 e. The van der Waals surface area contributed by atoms with Crippen LogP contribution in [0, 0.1) is 5.92 Å². The lowest BCUT2D eigenvalue weighted by Crippen LogP contribution is -2.43. The summed E-state index contributed by atoms with van der Waals surface area (Å²) in [5.41, 5.74) is 2.68. The summed E-state index contributed by atoms with van der Waals surface area (Å²) in [5, 5.41) is 3.11. The normalized spacial score (nSPS) is 22.2. The van der Waals surface area contributed by atoms with Crippen molar-refractivity contribution in [1.29, 1.82) is 0 Å². The van der Waals surface area contributed by atoms with Crippen LogP contribution in [0.3, 0.4) is 0 Å². The molecule has 2 heterocycles. The highest BCUT2D eigenvalue weighted by Crippen LogP contribution is 2.19. The second kappa shape index (κ2) is 7.14. The second-order valence-electron chi connectivity index (χ2n) is 6.73. The maximum absolute atomic E-state index is 12.3. The molecule has 1 saturated heterocycles. The van der Waals surface area contributed by atoms with Crippen LogP contribution in [0.25, 0.3) is 0 Å². The first-order chi connectivity index (χ1) is 10.7. The molecular weight excluding hydrogens is 274 g/mol. The van der Waals surface area contributed by atoms with Crippen LogP contribution in [0.1, 0.15) is 30.4 Å². The van der Waals surface area contributed by atoms with Gasteiger partial charge in [-0.3, -0.25) is 0 Å². The minimum absolute atomic E-state index is 0.0960. The molecule has 1 unspecified atom stereocenters. The van der Waals surface area contributed by atoms with Crippen molar-refractivity contribution in [2.24, 2.45) is 5.92 Å². The summed E-state index contributed by atoms with van der Waals surface area (Å²) in [6.07, 6.45) is 4.66. The van der Waals surface area contributed by atoms with Crippen LogP contribution in [0.15, 0.2) is 24.3 Å². The molecule has 2 aliphatic heterocycles. The van der Waals surface area contributed by atoms with Gasteiger partial charge in [0.25, 0.3) is 0 Å². The molecule has 0 bridgehead atoms. The molecule has 0 aromatic heterocycles. The molecule has 2 aliphatic rings.